The monoisotopic (exact) mass is 564 g/mol. The van der Waals surface area contributed by atoms with E-state index in [4.69, 9.17) is 0 Å². The normalized spacial score (nSPS) is 17.2. The van der Waals surface area contributed by atoms with Crippen molar-refractivity contribution in [3.63, 3.8) is 0 Å². The standard InChI is InChI=1S/C26H22BrFN6O3/c1-15(35)22-13-33(23-3-2-16(6-21(22)23)17-4-5-30-31-9-17)14-25(36)34-12-19(28)8-24(34)26(37)32-20-7-18(27)10-29-11-20/h2-7,9-11,13,19,24H,8,12,14H2,1H3,(H,32,37)/t19-,24+/m1/s1. The Morgan fingerprint density at radius 1 is 1.11 bits per heavy atom. The molecular formula is C26H22BrFN6O3. The van der Waals surface area contributed by atoms with Crippen LogP contribution in [0, 0.1) is 0 Å². The summed E-state index contributed by atoms with van der Waals surface area (Å²) in [7, 11) is 0. The minimum atomic E-state index is -1.31. The van der Waals surface area contributed by atoms with Crippen LogP contribution in [0.3, 0.4) is 0 Å². The molecule has 0 saturated carbocycles. The highest BCUT2D eigenvalue weighted by Crippen LogP contribution is 2.29. The number of carbonyl (C=O) groups is 3. The van der Waals surface area contributed by atoms with Crippen LogP contribution >= 0.6 is 15.9 Å². The van der Waals surface area contributed by atoms with Crippen molar-refractivity contribution in [2.75, 3.05) is 11.9 Å². The molecule has 2 atom stereocenters. The molecule has 4 aromatic rings. The fourth-order valence-corrected chi connectivity index (χ4v) is 4.97. The summed E-state index contributed by atoms with van der Waals surface area (Å²) in [4.78, 5) is 43.9. The number of aromatic nitrogens is 4. The minimum absolute atomic E-state index is 0.0898. The van der Waals surface area contributed by atoms with Crippen LogP contribution in [0.15, 0.2) is 65.8 Å². The summed E-state index contributed by atoms with van der Waals surface area (Å²) >= 11 is 3.30. The van der Waals surface area contributed by atoms with Crippen molar-refractivity contribution < 1.29 is 18.8 Å². The molecule has 3 aromatic heterocycles. The van der Waals surface area contributed by atoms with Gasteiger partial charge in [-0.1, -0.05) is 6.07 Å². The Labute approximate surface area is 219 Å². The second-order valence-corrected chi connectivity index (χ2v) is 9.78. The van der Waals surface area contributed by atoms with Gasteiger partial charge in [-0.05, 0) is 52.7 Å². The number of anilines is 1. The topological polar surface area (TPSA) is 110 Å². The predicted molar refractivity (Wildman–Crippen MR) is 139 cm³/mol. The molecule has 188 valence electrons. The molecule has 1 saturated heterocycles. The number of benzene rings is 1. The summed E-state index contributed by atoms with van der Waals surface area (Å²) < 4.78 is 16.7. The summed E-state index contributed by atoms with van der Waals surface area (Å²) in [6.07, 6.45) is 6.49. The number of Topliss-reactive ketones (excluding diaryl/α,β-unsaturated/α-hetero) is 1. The van der Waals surface area contributed by atoms with Crippen LogP contribution in [0.5, 0.6) is 0 Å². The molecule has 0 aliphatic carbocycles. The molecule has 4 heterocycles. The van der Waals surface area contributed by atoms with Crippen molar-refractivity contribution in [3.05, 3.63) is 71.4 Å². The van der Waals surface area contributed by atoms with E-state index in [9.17, 15) is 18.8 Å². The van der Waals surface area contributed by atoms with Gasteiger partial charge in [0.25, 0.3) is 0 Å². The van der Waals surface area contributed by atoms with Crippen LogP contribution in [-0.4, -0.2) is 61.0 Å². The number of hydrogen-bond acceptors (Lipinski definition) is 6. The van der Waals surface area contributed by atoms with E-state index in [0.29, 0.717) is 26.6 Å². The van der Waals surface area contributed by atoms with Crippen LogP contribution in [0.25, 0.3) is 22.0 Å². The molecule has 1 N–H and O–H groups in total. The molecule has 1 aliphatic heterocycles. The van der Waals surface area contributed by atoms with Crippen molar-refractivity contribution in [1.82, 2.24) is 24.6 Å². The maximum Gasteiger partial charge on any atom is 0.247 e. The Kier molecular flexibility index (Phi) is 6.79. The molecule has 5 rings (SSSR count). The SMILES string of the molecule is CC(=O)c1cn(CC(=O)N2C[C@H](F)C[C@H]2C(=O)Nc2cncc(Br)c2)c2ccc(-c3ccnnc3)cc12. The number of pyridine rings is 1. The number of fused-ring (bicyclic) bond motifs is 1. The van der Waals surface area contributed by atoms with E-state index < -0.39 is 24.0 Å². The number of likely N-dealkylation sites (tertiary alicyclic amines) is 1. The molecule has 37 heavy (non-hydrogen) atoms. The van der Waals surface area contributed by atoms with Crippen molar-refractivity contribution in [2.24, 2.45) is 0 Å². The van der Waals surface area contributed by atoms with Crippen molar-refractivity contribution >= 4 is 50.1 Å². The van der Waals surface area contributed by atoms with E-state index in [0.717, 1.165) is 11.1 Å². The summed E-state index contributed by atoms with van der Waals surface area (Å²) in [5.74, 6) is -1.04. The molecule has 1 aromatic carbocycles. The highest BCUT2D eigenvalue weighted by atomic mass is 79.9. The summed E-state index contributed by atoms with van der Waals surface area (Å²) in [6, 6.07) is 8.11. The minimum Gasteiger partial charge on any atom is -0.337 e. The Hall–Kier alpha value is -3.99. The van der Waals surface area contributed by atoms with Gasteiger partial charge in [-0.15, -0.1) is 0 Å². The number of halogens is 2. The number of nitrogens with zero attached hydrogens (tertiary/aromatic N) is 5. The first-order valence-electron chi connectivity index (χ1n) is 11.6. The van der Waals surface area contributed by atoms with E-state index in [1.165, 1.54) is 18.0 Å². The van der Waals surface area contributed by atoms with Crippen molar-refractivity contribution in [1.29, 1.82) is 0 Å². The number of rotatable bonds is 6. The quantitative estimate of drug-likeness (QED) is 0.354. The Morgan fingerprint density at radius 3 is 2.68 bits per heavy atom. The zero-order chi connectivity index (χ0) is 26.1. The maximum atomic E-state index is 14.4. The van der Waals surface area contributed by atoms with E-state index in [1.54, 1.807) is 35.4 Å². The molecule has 1 aliphatic rings. The second kappa shape index (κ2) is 10.2. The van der Waals surface area contributed by atoms with E-state index in [2.05, 4.69) is 36.4 Å². The zero-order valence-corrected chi connectivity index (χ0v) is 21.4. The summed E-state index contributed by atoms with van der Waals surface area (Å²) in [5.41, 5.74) is 3.29. The van der Waals surface area contributed by atoms with Gasteiger partial charge in [0, 0.05) is 45.3 Å². The lowest BCUT2D eigenvalue weighted by atomic mass is 10.0. The lowest BCUT2D eigenvalue weighted by molar-refractivity contribution is -0.137. The first-order valence-corrected chi connectivity index (χ1v) is 12.4. The van der Waals surface area contributed by atoms with Gasteiger partial charge >= 0.3 is 0 Å². The molecule has 0 bridgehead atoms. The molecular weight excluding hydrogens is 543 g/mol. The molecule has 1 fully saturated rings. The molecule has 0 radical (unpaired) electrons. The van der Waals surface area contributed by atoms with E-state index in [1.807, 2.05) is 24.3 Å². The van der Waals surface area contributed by atoms with Gasteiger partial charge in [0.15, 0.2) is 5.78 Å². The van der Waals surface area contributed by atoms with Crippen LogP contribution in [-0.2, 0) is 16.1 Å². The number of carbonyl (C=O) groups excluding carboxylic acids is 3. The fourth-order valence-electron chi connectivity index (χ4n) is 4.60. The summed E-state index contributed by atoms with van der Waals surface area (Å²) in [5, 5.41) is 11.1. The van der Waals surface area contributed by atoms with Gasteiger partial charge in [0.2, 0.25) is 11.8 Å². The number of hydrogen-bond donors (Lipinski definition) is 1. The van der Waals surface area contributed by atoms with Gasteiger partial charge < -0.3 is 14.8 Å². The van der Waals surface area contributed by atoms with Gasteiger partial charge in [-0.2, -0.15) is 10.2 Å². The molecule has 9 nitrogen and oxygen atoms in total. The molecule has 0 unspecified atom stereocenters. The van der Waals surface area contributed by atoms with Crippen molar-refractivity contribution in [2.45, 2.75) is 32.1 Å². The van der Waals surface area contributed by atoms with E-state index in [-0.39, 0.29) is 25.3 Å². The smallest absolute Gasteiger partial charge is 0.247 e. The average Bonchev–Trinajstić information content (AvgIpc) is 3.45. The van der Waals surface area contributed by atoms with Gasteiger partial charge in [-0.25, -0.2) is 4.39 Å². The third-order valence-corrected chi connectivity index (χ3v) is 6.76. The first-order chi connectivity index (χ1) is 17.8. The Bertz CT molecular complexity index is 1510. The zero-order valence-electron chi connectivity index (χ0n) is 19.8. The van der Waals surface area contributed by atoms with Crippen LogP contribution in [0.2, 0.25) is 0 Å². The first kappa shape index (κ1) is 24.7. The van der Waals surface area contributed by atoms with Crippen LogP contribution < -0.4 is 5.32 Å². The Balaban J connectivity index is 1.41. The lowest BCUT2D eigenvalue weighted by Gasteiger charge is -2.24. The number of alkyl halides is 1. The van der Waals surface area contributed by atoms with Gasteiger partial charge in [0.05, 0.1) is 30.8 Å². The fraction of sp³-hybridized carbons (Fsp3) is 0.231. The van der Waals surface area contributed by atoms with Gasteiger partial charge in [0.1, 0.15) is 18.8 Å². The highest BCUT2D eigenvalue weighted by Gasteiger charge is 2.40. The largest absolute Gasteiger partial charge is 0.337 e. The van der Waals surface area contributed by atoms with Crippen LogP contribution in [0.1, 0.15) is 23.7 Å². The molecule has 2 amide bonds. The Morgan fingerprint density at radius 2 is 1.95 bits per heavy atom. The predicted octanol–water partition coefficient (Wildman–Crippen LogP) is 4.04. The molecule has 11 heteroatoms. The maximum absolute atomic E-state index is 14.4. The summed E-state index contributed by atoms with van der Waals surface area (Å²) in [6.45, 7) is 1.15. The third kappa shape index (κ3) is 5.12. The number of nitrogens with one attached hydrogen (secondary N) is 1. The average molecular weight is 565 g/mol. The van der Waals surface area contributed by atoms with E-state index >= 15 is 0 Å². The van der Waals surface area contributed by atoms with Crippen LogP contribution in [0.4, 0.5) is 10.1 Å². The number of amides is 2. The number of ketones is 1. The lowest BCUT2D eigenvalue weighted by Crippen LogP contribution is -2.44. The van der Waals surface area contributed by atoms with Crippen molar-refractivity contribution in [3.8, 4) is 11.1 Å². The molecule has 0 spiro atoms. The third-order valence-electron chi connectivity index (χ3n) is 6.33. The van der Waals surface area contributed by atoms with Gasteiger partial charge in [-0.3, -0.25) is 19.4 Å². The highest BCUT2D eigenvalue weighted by molar-refractivity contribution is 9.10. The second-order valence-electron chi connectivity index (χ2n) is 8.87.